The molecule has 210 valence electrons. The monoisotopic (exact) mass is 514 g/mol. The van der Waals surface area contributed by atoms with E-state index in [2.05, 4.69) is 65.0 Å². The van der Waals surface area contributed by atoms with Crippen molar-refractivity contribution in [3.8, 4) is 0 Å². The van der Waals surface area contributed by atoms with Crippen LogP contribution in [0.2, 0.25) is 0 Å². The Balaban J connectivity index is 3.03. The summed E-state index contributed by atoms with van der Waals surface area (Å²) in [6.07, 6.45) is 17.2. The lowest BCUT2D eigenvalue weighted by Gasteiger charge is -2.46. The van der Waals surface area contributed by atoms with Crippen LogP contribution in [0.1, 0.15) is 145 Å². The molecule has 0 aliphatic carbocycles. The molecular weight excluding hydrogens is 451 g/mol. The van der Waals surface area contributed by atoms with Gasteiger partial charge in [0.15, 0.2) is 0 Å². The van der Waals surface area contributed by atoms with Gasteiger partial charge in [-0.15, -0.1) is 0 Å². The van der Waals surface area contributed by atoms with Gasteiger partial charge in [-0.2, -0.15) is 0 Å². The molecule has 0 spiro atoms. The first-order chi connectivity index (χ1) is 16.5. The van der Waals surface area contributed by atoms with Crippen LogP contribution in [0.15, 0.2) is 0 Å². The van der Waals surface area contributed by atoms with Gasteiger partial charge in [0.05, 0.1) is 11.8 Å². The normalized spacial score (nSPS) is 19.7. The van der Waals surface area contributed by atoms with Gasteiger partial charge in [0.1, 0.15) is 0 Å². The molecule has 5 heteroatoms. The van der Waals surface area contributed by atoms with E-state index in [1.54, 1.807) is 0 Å². The van der Waals surface area contributed by atoms with E-state index in [4.69, 9.17) is 4.52 Å². The SMILES string of the molecule is CCCCCCC(C)(CCCCC)COP(=O)(N1CCN(C(C)C)CC1)C(C)(C)CCCCCC. The van der Waals surface area contributed by atoms with Crippen LogP contribution < -0.4 is 0 Å². The number of hydrogen-bond donors (Lipinski definition) is 0. The number of rotatable bonds is 20. The molecule has 0 aromatic heterocycles. The molecule has 0 aromatic carbocycles. The lowest BCUT2D eigenvalue weighted by molar-refractivity contribution is 0.0992. The number of unbranched alkanes of at least 4 members (excludes halogenated alkanes) is 8. The average molecular weight is 515 g/mol. The predicted molar refractivity (Wildman–Crippen MR) is 156 cm³/mol. The van der Waals surface area contributed by atoms with Crippen LogP contribution >= 0.6 is 7.52 Å². The molecule has 0 saturated carbocycles. The van der Waals surface area contributed by atoms with Gasteiger partial charge in [-0.1, -0.05) is 98.3 Å². The Morgan fingerprint density at radius 1 is 0.714 bits per heavy atom. The minimum atomic E-state index is -2.98. The maximum Gasteiger partial charge on any atom is 0.277 e. The summed E-state index contributed by atoms with van der Waals surface area (Å²) in [6, 6.07) is 0.546. The van der Waals surface area contributed by atoms with E-state index in [9.17, 15) is 4.57 Å². The van der Waals surface area contributed by atoms with Crippen molar-refractivity contribution < 1.29 is 9.09 Å². The highest BCUT2D eigenvalue weighted by atomic mass is 31.2. The molecule has 1 heterocycles. The molecule has 1 fully saturated rings. The Morgan fingerprint density at radius 3 is 1.66 bits per heavy atom. The summed E-state index contributed by atoms with van der Waals surface area (Å²) in [6.45, 7) is 22.5. The van der Waals surface area contributed by atoms with E-state index in [0.29, 0.717) is 12.6 Å². The molecule has 2 atom stereocenters. The van der Waals surface area contributed by atoms with Crippen LogP contribution in [0.4, 0.5) is 0 Å². The van der Waals surface area contributed by atoms with Crippen molar-refractivity contribution in [1.29, 1.82) is 0 Å². The van der Waals surface area contributed by atoms with Crippen molar-refractivity contribution in [2.24, 2.45) is 5.41 Å². The zero-order valence-electron chi connectivity index (χ0n) is 25.2. The van der Waals surface area contributed by atoms with E-state index in [1.807, 2.05) is 0 Å². The highest BCUT2D eigenvalue weighted by Gasteiger charge is 2.48. The molecule has 0 amide bonds. The molecule has 2 unspecified atom stereocenters. The Hall–Kier alpha value is 0.110. The van der Waals surface area contributed by atoms with Gasteiger partial charge < -0.3 is 4.52 Å². The summed E-state index contributed by atoms with van der Waals surface area (Å²) in [5.41, 5.74) is 0.122. The largest absolute Gasteiger partial charge is 0.316 e. The quantitative estimate of drug-likeness (QED) is 0.120. The highest BCUT2D eigenvalue weighted by Crippen LogP contribution is 2.64. The van der Waals surface area contributed by atoms with Crippen LogP contribution in [0, 0.1) is 5.41 Å². The van der Waals surface area contributed by atoms with Crippen molar-refractivity contribution in [1.82, 2.24) is 9.57 Å². The fourth-order valence-corrected chi connectivity index (χ4v) is 8.46. The third kappa shape index (κ3) is 11.2. The molecule has 0 radical (unpaired) electrons. The summed E-state index contributed by atoms with van der Waals surface area (Å²) >= 11 is 0. The first-order valence-electron chi connectivity index (χ1n) is 15.3. The molecule has 1 rings (SSSR count). The van der Waals surface area contributed by atoms with Gasteiger partial charge in [-0.05, 0) is 52.4 Å². The Kier molecular flexibility index (Phi) is 16.0. The van der Waals surface area contributed by atoms with Crippen molar-refractivity contribution in [2.75, 3.05) is 32.8 Å². The summed E-state index contributed by atoms with van der Waals surface area (Å²) in [5, 5.41) is -0.312. The molecule has 0 aromatic rings. The highest BCUT2D eigenvalue weighted by molar-refractivity contribution is 7.58. The van der Waals surface area contributed by atoms with E-state index in [0.717, 1.165) is 39.0 Å². The number of hydrogen-bond acceptors (Lipinski definition) is 3. The molecular formula is C30H63N2O2P. The van der Waals surface area contributed by atoms with Gasteiger partial charge in [0.25, 0.3) is 7.52 Å². The third-order valence-corrected chi connectivity index (χ3v) is 11.8. The van der Waals surface area contributed by atoms with Crippen LogP contribution in [0.5, 0.6) is 0 Å². The summed E-state index contributed by atoms with van der Waals surface area (Å²) in [4.78, 5) is 2.51. The summed E-state index contributed by atoms with van der Waals surface area (Å²) in [7, 11) is -2.98. The maximum atomic E-state index is 15.0. The van der Waals surface area contributed by atoms with Crippen LogP contribution in [-0.4, -0.2) is 53.6 Å². The predicted octanol–water partition coefficient (Wildman–Crippen LogP) is 9.53. The Bertz CT molecular complexity index is 587. The van der Waals surface area contributed by atoms with Crippen molar-refractivity contribution in [2.45, 2.75) is 156 Å². The first-order valence-corrected chi connectivity index (χ1v) is 16.9. The maximum absolute atomic E-state index is 15.0. The second-order valence-corrected chi connectivity index (χ2v) is 15.7. The lowest BCUT2D eigenvalue weighted by Crippen LogP contribution is -2.49. The molecule has 4 nitrogen and oxygen atoms in total. The lowest BCUT2D eigenvalue weighted by atomic mass is 9.80. The van der Waals surface area contributed by atoms with Gasteiger partial charge in [-0.3, -0.25) is 9.46 Å². The standard InChI is InChI=1S/C30H63N2O2P/c1-9-12-15-18-20-29(6,7)35(33,32-25-23-31(24-26-32)28(4)5)34-27-30(8,21-17-14-11-3)22-19-16-13-10-2/h28H,9-27H2,1-8H3. The topological polar surface area (TPSA) is 32.8 Å². The second kappa shape index (κ2) is 16.8. The summed E-state index contributed by atoms with van der Waals surface area (Å²) < 4.78 is 24.0. The Morgan fingerprint density at radius 2 is 1.17 bits per heavy atom. The zero-order valence-corrected chi connectivity index (χ0v) is 26.1. The van der Waals surface area contributed by atoms with E-state index in [-0.39, 0.29) is 10.6 Å². The van der Waals surface area contributed by atoms with Crippen LogP contribution in [0.25, 0.3) is 0 Å². The van der Waals surface area contributed by atoms with Gasteiger partial charge >= 0.3 is 0 Å². The van der Waals surface area contributed by atoms with E-state index >= 15 is 0 Å². The van der Waals surface area contributed by atoms with Crippen molar-refractivity contribution in [3.05, 3.63) is 0 Å². The molecule has 1 aliphatic heterocycles. The first kappa shape index (κ1) is 33.1. The second-order valence-electron chi connectivity index (χ2n) is 12.6. The average Bonchev–Trinajstić information content (AvgIpc) is 2.83. The van der Waals surface area contributed by atoms with Gasteiger partial charge in [-0.25, -0.2) is 4.67 Å². The van der Waals surface area contributed by atoms with E-state index < -0.39 is 7.52 Å². The van der Waals surface area contributed by atoms with Crippen LogP contribution in [0.3, 0.4) is 0 Å². The number of nitrogens with zero attached hydrogens (tertiary/aromatic N) is 2. The Labute approximate surface area is 220 Å². The van der Waals surface area contributed by atoms with Gasteiger partial charge in [0.2, 0.25) is 0 Å². The molecule has 1 aliphatic rings. The van der Waals surface area contributed by atoms with Crippen molar-refractivity contribution >= 4 is 7.52 Å². The molecule has 1 saturated heterocycles. The fourth-order valence-electron chi connectivity index (χ4n) is 5.55. The number of piperazine rings is 1. The van der Waals surface area contributed by atoms with Gasteiger partial charge in [0, 0.05) is 32.2 Å². The van der Waals surface area contributed by atoms with E-state index in [1.165, 1.54) is 77.0 Å². The summed E-state index contributed by atoms with van der Waals surface area (Å²) in [5.74, 6) is 0. The molecule has 35 heavy (non-hydrogen) atoms. The molecule has 0 bridgehead atoms. The molecule has 0 N–H and O–H groups in total. The smallest absolute Gasteiger partial charge is 0.277 e. The minimum Gasteiger partial charge on any atom is -0.316 e. The van der Waals surface area contributed by atoms with Crippen molar-refractivity contribution in [3.63, 3.8) is 0 Å². The minimum absolute atomic E-state index is 0.122. The zero-order chi connectivity index (χ0) is 26.4. The van der Waals surface area contributed by atoms with Crippen LogP contribution in [-0.2, 0) is 9.09 Å². The third-order valence-electron chi connectivity index (χ3n) is 8.41. The fraction of sp³-hybridized carbons (Fsp3) is 1.00.